The van der Waals surface area contributed by atoms with Crippen LogP contribution in [0.15, 0.2) is 30.3 Å². The van der Waals surface area contributed by atoms with Gasteiger partial charge in [0.2, 0.25) is 0 Å². The molecule has 2 spiro atoms. The number of fused-ring (bicyclic) bond motifs is 1. The molecule has 2 saturated carbocycles. The predicted molar refractivity (Wildman–Crippen MR) is 132 cm³/mol. The topological polar surface area (TPSA) is 92.7 Å². The SMILES string of the molecule is C[C@@H](Cc1ccccc1)C(=O)OC[C@]1(O)[C@@H]([C@H]2COC3(CCCCC3)O2)O[C@@H]2OC3(CCCCC3)O[C@@H]21. The van der Waals surface area contributed by atoms with Crippen molar-refractivity contribution in [2.24, 2.45) is 5.92 Å². The first-order chi connectivity index (χ1) is 17.9. The van der Waals surface area contributed by atoms with E-state index in [1.807, 2.05) is 37.3 Å². The standard InChI is InChI=1S/C29H40O8/c1-20(17-21-11-5-2-6-12-21)25(30)32-19-29(31)23(22-18-33-27(35-22)13-7-3-8-14-27)34-26-24(29)36-28(37-26)15-9-4-10-16-28/h2,5-6,11-12,20,22-24,26,31H,3-4,7-10,13-19H2,1H3/t20-,22+,23+,24-,26+,29-/m0/s1. The Kier molecular flexibility index (Phi) is 7.09. The van der Waals surface area contributed by atoms with Crippen molar-refractivity contribution in [3.63, 3.8) is 0 Å². The molecule has 0 radical (unpaired) electrons. The maximum atomic E-state index is 13.0. The van der Waals surface area contributed by atoms with Crippen LogP contribution in [0.25, 0.3) is 0 Å². The number of carbonyl (C=O) groups is 1. The fourth-order valence-electron chi connectivity index (χ4n) is 6.81. The van der Waals surface area contributed by atoms with Gasteiger partial charge in [0.1, 0.15) is 24.9 Å². The van der Waals surface area contributed by atoms with Gasteiger partial charge in [0.25, 0.3) is 0 Å². The summed E-state index contributed by atoms with van der Waals surface area (Å²) in [5, 5.41) is 12.2. The van der Waals surface area contributed by atoms with E-state index in [4.69, 9.17) is 28.4 Å². The smallest absolute Gasteiger partial charge is 0.309 e. The van der Waals surface area contributed by atoms with Crippen LogP contribution in [0, 0.1) is 5.92 Å². The van der Waals surface area contributed by atoms with E-state index in [1.54, 1.807) is 0 Å². The van der Waals surface area contributed by atoms with Gasteiger partial charge in [-0.3, -0.25) is 4.79 Å². The monoisotopic (exact) mass is 516 g/mol. The van der Waals surface area contributed by atoms with E-state index in [-0.39, 0.29) is 18.5 Å². The van der Waals surface area contributed by atoms with Gasteiger partial charge in [-0.2, -0.15) is 0 Å². The summed E-state index contributed by atoms with van der Waals surface area (Å²) in [5.74, 6) is -2.07. The molecule has 5 fully saturated rings. The molecule has 5 aliphatic rings. The van der Waals surface area contributed by atoms with Gasteiger partial charge in [-0.05, 0) is 37.7 Å². The molecule has 0 bridgehead atoms. The average molecular weight is 517 g/mol. The molecule has 8 heteroatoms. The molecule has 0 unspecified atom stereocenters. The normalized spacial score (nSPS) is 37.0. The molecule has 6 rings (SSSR count). The van der Waals surface area contributed by atoms with E-state index in [0.29, 0.717) is 13.0 Å². The third-order valence-electron chi connectivity index (χ3n) is 8.86. The van der Waals surface area contributed by atoms with Crippen molar-refractivity contribution in [1.82, 2.24) is 0 Å². The lowest BCUT2D eigenvalue weighted by atomic mass is 9.89. The van der Waals surface area contributed by atoms with Crippen molar-refractivity contribution in [1.29, 1.82) is 0 Å². The second-order valence-electron chi connectivity index (χ2n) is 11.7. The van der Waals surface area contributed by atoms with Crippen LogP contribution in [0.3, 0.4) is 0 Å². The number of hydrogen-bond donors (Lipinski definition) is 1. The van der Waals surface area contributed by atoms with Crippen molar-refractivity contribution in [3.05, 3.63) is 35.9 Å². The first-order valence-electron chi connectivity index (χ1n) is 14.2. The first-order valence-corrected chi connectivity index (χ1v) is 14.2. The third kappa shape index (κ3) is 4.97. The Balaban J connectivity index is 1.18. The Bertz CT molecular complexity index is 940. The van der Waals surface area contributed by atoms with Crippen LogP contribution in [-0.4, -0.2) is 66.1 Å². The summed E-state index contributed by atoms with van der Waals surface area (Å²) < 4.78 is 37.5. The Hall–Kier alpha value is -1.55. The second-order valence-corrected chi connectivity index (χ2v) is 11.7. The number of ether oxygens (including phenoxy) is 6. The molecule has 3 heterocycles. The van der Waals surface area contributed by atoms with Gasteiger partial charge in [0, 0.05) is 25.7 Å². The summed E-state index contributed by atoms with van der Waals surface area (Å²) in [5.41, 5.74) is -0.545. The van der Waals surface area contributed by atoms with Crippen molar-refractivity contribution in [2.45, 2.75) is 119 Å². The zero-order valence-corrected chi connectivity index (χ0v) is 21.8. The first kappa shape index (κ1) is 25.7. The second kappa shape index (κ2) is 10.2. The van der Waals surface area contributed by atoms with Gasteiger partial charge in [-0.1, -0.05) is 50.1 Å². The van der Waals surface area contributed by atoms with Crippen molar-refractivity contribution < 1.29 is 38.3 Å². The maximum absolute atomic E-state index is 13.0. The summed E-state index contributed by atoms with van der Waals surface area (Å²) in [4.78, 5) is 13.0. The molecule has 204 valence electrons. The zero-order chi connectivity index (χ0) is 25.5. The fourth-order valence-corrected chi connectivity index (χ4v) is 6.81. The molecule has 37 heavy (non-hydrogen) atoms. The molecular weight excluding hydrogens is 476 g/mol. The third-order valence-corrected chi connectivity index (χ3v) is 8.86. The van der Waals surface area contributed by atoms with E-state index in [9.17, 15) is 9.90 Å². The highest BCUT2D eigenvalue weighted by molar-refractivity contribution is 5.72. The van der Waals surface area contributed by atoms with Gasteiger partial charge in [0.05, 0.1) is 12.5 Å². The highest BCUT2D eigenvalue weighted by Gasteiger charge is 2.68. The Morgan fingerprint density at radius 2 is 1.62 bits per heavy atom. The Morgan fingerprint density at radius 1 is 0.946 bits per heavy atom. The number of benzene rings is 1. The van der Waals surface area contributed by atoms with Crippen LogP contribution >= 0.6 is 0 Å². The molecule has 6 atom stereocenters. The minimum Gasteiger partial charge on any atom is -0.462 e. The van der Waals surface area contributed by atoms with Crippen molar-refractivity contribution >= 4 is 5.97 Å². The highest BCUT2D eigenvalue weighted by atomic mass is 16.8. The molecule has 1 aromatic carbocycles. The number of rotatable bonds is 6. The quantitative estimate of drug-likeness (QED) is 0.567. The minimum atomic E-state index is -1.61. The molecule has 3 aliphatic heterocycles. The minimum absolute atomic E-state index is 0.247. The lowest BCUT2D eigenvalue weighted by Crippen LogP contribution is -2.57. The largest absolute Gasteiger partial charge is 0.462 e. The van der Waals surface area contributed by atoms with E-state index < -0.39 is 41.8 Å². The molecular formula is C29H40O8. The molecule has 3 saturated heterocycles. The average Bonchev–Trinajstić information content (AvgIpc) is 3.55. The Labute approximate surface area is 218 Å². The summed E-state index contributed by atoms with van der Waals surface area (Å²) in [6.45, 7) is 1.91. The van der Waals surface area contributed by atoms with Crippen LogP contribution in [0.2, 0.25) is 0 Å². The highest BCUT2D eigenvalue weighted by Crippen LogP contribution is 2.51. The van der Waals surface area contributed by atoms with Gasteiger partial charge in [0.15, 0.2) is 23.5 Å². The molecule has 0 aromatic heterocycles. The van der Waals surface area contributed by atoms with E-state index in [0.717, 1.165) is 63.4 Å². The van der Waals surface area contributed by atoms with Gasteiger partial charge in [-0.15, -0.1) is 0 Å². The molecule has 0 amide bonds. The fraction of sp³-hybridized carbons (Fsp3) is 0.759. The molecule has 1 aromatic rings. The van der Waals surface area contributed by atoms with Crippen LogP contribution in [-0.2, 0) is 39.6 Å². The molecule has 1 N–H and O–H groups in total. The van der Waals surface area contributed by atoms with Crippen LogP contribution in [0.5, 0.6) is 0 Å². The Morgan fingerprint density at radius 3 is 2.32 bits per heavy atom. The van der Waals surface area contributed by atoms with Crippen molar-refractivity contribution in [2.75, 3.05) is 13.2 Å². The van der Waals surface area contributed by atoms with E-state index >= 15 is 0 Å². The lowest BCUT2D eigenvalue weighted by molar-refractivity contribution is -0.276. The number of aliphatic hydroxyl groups is 1. The van der Waals surface area contributed by atoms with Crippen LogP contribution < -0.4 is 0 Å². The van der Waals surface area contributed by atoms with E-state index in [2.05, 4.69) is 0 Å². The summed E-state index contributed by atoms with van der Waals surface area (Å²) in [7, 11) is 0. The van der Waals surface area contributed by atoms with Gasteiger partial charge >= 0.3 is 5.97 Å². The van der Waals surface area contributed by atoms with Crippen LogP contribution in [0.1, 0.15) is 76.7 Å². The summed E-state index contributed by atoms with van der Waals surface area (Å²) >= 11 is 0. The number of carbonyl (C=O) groups excluding carboxylic acids is 1. The number of hydrogen-bond acceptors (Lipinski definition) is 8. The lowest BCUT2D eigenvalue weighted by Gasteiger charge is -2.39. The van der Waals surface area contributed by atoms with Crippen molar-refractivity contribution in [3.8, 4) is 0 Å². The molecule has 2 aliphatic carbocycles. The number of esters is 1. The maximum Gasteiger partial charge on any atom is 0.309 e. The summed E-state index contributed by atoms with van der Waals surface area (Å²) in [6, 6.07) is 9.85. The van der Waals surface area contributed by atoms with E-state index in [1.165, 1.54) is 6.42 Å². The van der Waals surface area contributed by atoms with Gasteiger partial charge < -0.3 is 33.5 Å². The van der Waals surface area contributed by atoms with Gasteiger partial charge in [-0.25, -0.2) is 0 Å². The predicted octanol–water partition coefficient (Wildman–Crippen LogP) is 4.02. The summed E-state index contributed by atoms with van der Waals surface area (Å²) in [6.07, 6.45) is 7.43. The zero-order valence-electron chi connectivity index (χ0n) is 21.8. The van der Waals surface area contributed by atoms with Crippen LogP contribution in [0.4, 0.5) is 0 Å². The molecule has 8 nitrogen and oxygen atoms in total.